The molecule has 0 heterocycles. The van der Waals surface area contributed by atoms with E-state index in [1.807, 2.05) is 13.8 Å². The smallest absolute Gasteiger partial charge is 0.0684 e. The van der Waals surface area contributed by atoms with Crippen LogP contribution in [0.25, 0.3) is 0 Å². The summed E-state index contributed by atoms with van der Waals surface area (Å²) in [6, 6.07) is 2.37. The average molecular weight is 265 g/mol. The lowest BCUT2D eigenvalue weighted by Gasteiger charge is -2.45. The molecule has 0 radical (unpaired) electrons. The second kappa shape index (κ2) is 6.72. The number of hydrogen-bond donors (Lipinski definition) is 1. The highest BCUT2D eigenvalue weighted by Crippen LogP contribution is 2.35. The highest BCUT2D eigenvalue weighted by Gasteiger charge is 2.36. The Balaban J connectivity index is 2.45. The Morgan fingerprint density at radius 2 is 2.11 bits per heavy atom. The van der Waals surface area contributed by atoms with Gasteiger partial charge in [-0.25, -0.2) is 0 Å². The first kappa shape index (κ1) is 16.5. The van der Waals surface area contributed by atoms with Gasteiger partial charge in [0, 0.05) is 12.1 Å². The molecule has 1 fully saturated rings. The molecule has 2 unspecified atom stereocenters. The zero-order valence-electron chi connectivity index (χ0n) is 13.4. The Morgan fingerprint density at radius 3 is 2.63 bits per heavy atom. The van der Waals surface area contributed by atoms with E-state index in [0.717, 1.165) is 25.4 Å². The second-order valence-corrected chi connectivity index (χ2v) is 7.24. The summed E-state index contributed by atoms with van der Waals surface area (Å²) >= 11 is 0. The van der Waals surface area contributed by atoms with Gasteiger partial charge < -0.3 is 10.2 Å². The molecule has 1 aliphatic carbocycles. The van der Waals surface area contributed by atoms with Gasteiger partial charge in [0.2, 0.25) is 0 Å². The highest BCUT2D eigenvalue weighted by molar-refractivity contribution is 4.96. The summed E-state index contributed by atoms with van der Waals surface area (Å²) in [7, 11) is 4.41. The summed E-state index contributed by atoms with van der Waals surface area (Å²) in [5, 5.41) is 12.6. The molecule has 0 amide bonds. The molecule has 1 rings (SSSR count). The van der Waals surface area contributed by atoms with Gasteiger partial charge >= 0.3 is 0 Å². The van der Waals surface area contributed by atoms with E-state index in [2.05, 4.69) is 37.3 Å². The molecular weight excluding hydrogens is 234 g/mol. The van der Waals surface area contributed by atoms with Crippen molar-refractivity contribution in [3.63, 3.8) is 0 Å². The van der Waals surface area contributed by atoms with Crippen LogP contribution in [0.1, 0.15) is 52.9 Å². The first-order valence-electron chi connectivity index (χ1n) is 7.61. The molecule has 0 aromatic carbocycles. The lowest BCUT2D eigenvalue weighted by Crippen LogP contribution is -2.54. The largest absolute Gasteiger partial charge is 0.315 e. The van der Waals surface area contributed by atoms with E-state index in [4.69, 9.17) is 5.26 Å². The fourth-order valence-electron chi connectivity index (χ4n) is 3.14. The molecule has 0 bridgehead atoms. The minimum atomic E-state index is -0.210. The minimum Gasteiger partial charge on any atom is -0.315 e. The molecule has 3 nitrogen and oxygen atoms in total. The lowest BCUT2D eigenvalue weighted by atomic mass is 9.75. The van der Waals surface area contributed by atoms with Crippen LogP contribution in [-0.2, 0) is 0 Å². The van der Waals surface area contributed by atoms with E-state index in [1.165, 1.54) is 25.7 Å². The van der Waals surface area contributed by atoms with Crippen molar-refractivity contribution in [3.05, 3.63) is 0 Å². The van der Waals surface area contributed by atoms with Crippen molar-refractivity contribution >= 4 is 0 Å². The molecule has 19 heavy (non-hydrogen) atoms. The quantitative estimate of drug-likeness (QED) is 0.750. The number of nitrogens with one attached hydrogen (secondary N) is 1. The molecule has 0 aromatic rings. The van der Waals surface area contributed by atoms with Gasteiger partial charge in [0.05, 0.1) is 11.5 Å². The van der Waals surface area contributed by atoms with Crippen LogP contribution in [-0.4, -0.2) is 37.6 Å². The number of likely N-dealkylation sites (N-methyl/N-ethyl adjacent to an activating group) is 1. The molecule has 1 N–H and O–H groups in total. The van der Waals surface area contributed by atoms with Crippen molar-refractivity contribution in [1.82, 2.24) is 10.2 Å². The van der Waals surface area contributed by atoms with E-state index >= 15 is 0 Å². The van der Waals surface area contributed by atoms with Crippen LogP contribution in [0, 0.1) is 22.7 Å². The van der Waals surface area contributed by atoms with Gasteiger partial charge in [-0.3, -0.25) is 0 Å². The Hall–Kier alpha value is -0.590. The van der Waals surface area contributed by atoms with Crippen molar-refractivity contribution in [1.29, 1.82) is 5.26 Å². The van der Waals surface area contributed by atoms with E-state index in [-0.39, 0.29) is 5.41 Å². The van der Waals surface area contributed by atoms with Crippen molar-refractivity contribution in [2.75, 3.05) is 27.2 Å². The van der Waals surface area contributed by atoms with Crippen LogP contribution >= 0.6 is 0 Å². The first-order chi connectivity index (χ1) is 8.81. The van der Waals surface area contributed by atoms with Crippen molar-refractivity contribution in [2.24, 2.45) is 11.3 Å². The maximum Gasteiger partial charge on any atom is 0.0684 e. The van der Waals surface area contributed by atoms with Gasteiger partial charge in [0.1, 0.15) is 0 Å². The molecule has 0 aromatic heterocycles. The third-order valence-corrected chi connectivity index (χ3v) is 4.70. The predicted molar refractivity (Wildman–Crippen MR) is 80.9 cm³/mol. The normalized spacial score (nSPS) is 28.4. The SMILES string of the molecule is CC1CCCC(CNCCC(C)(C)C#N)(N(C)C)C1. The topological polar surface area (TPSA) is 39.1 Å². The van der Waals surface area contributed by atoms with Crippen LogP contribution in [0.4, 0.5) is 0 Å². The van der Waals surface area contributed by atoms with Crippen LogP contribution in [0.2, 0.25) is 0 Å². The summed E-state index contributed by atoms with van der Waals surface area (Å²) in [6.45, 7) is 8.38. The Labute approximate surface area is 119 Å². The second-order valence-electron chi connectivity index (χ2n) is 7.24. The molecule has 110 valence electrons. The monoisotopic (exact) mass is 265 g/mol. The van der Waals surface area contributed by atoms with Gasteiger partial charge in [0.25, 0.3) is 0 Å². The minimum absolute atomic E-state index is 0.210. The highest BCUT2D eigenvalue weighted by atomic mass is 15.2. The molecule has 0 spiro atoms. The summed E-state index contributed by atoms with van der Waals surface area (Å²) in [5.74, 6) is 0.827. The predicted octanol–water partition coefficient (Wildman–Crippen LogP) is 3.03. The third-order valence-electron chi connectivity index (χ3n) is 4.70. The Kier molecular flexibility index (Phi) is 5.82. The van der Waals surface area contributed by atoms with Gasteiger partial charge in [0.15, 0.2) is 0 Å². The molecule has 2 atom stereocenters. The summed E-state index contributed by atoms with van der Waals surface area (Å²) in [5.41, 5.74) is 0.104. The van der Waals surface area contributed by atoms with Crippen LogP contribution in [0.3, 0.4) is 0 Å². The summed E-state index contributed by atoms with van der Waals surface area (Å²) in [6.07, 6.45) is 6.21. The Bertz CT molecular complexity index is 316. The fourth-order valence-corrected chi connectivity index (χ4v) is 3.14. The van der Waals surface area contributed by atoms with Crippen molar-refractivity contribution in [3.8, 4) is 6.07 Å². The van der Waals surface area contributed by atoms with Crippen LogP contribution in [0.15, 0.2) is 0 Å². The van der Waals surface area contributed by atoms with E-state index in [1.54, 1.807) is 0 Å². The van der Waals surface area contributed by atoms with Crippen molar-refractivity contribution in [2.45, 2.75) is 58.4 Å². The van der Waals surface area contributed by atoms with Gasteiger partial charge in [-0.2, -0.15) is 5.26 Å². The number of nitriles is 1. The first-order valence-corrected chi connectivity index (χ1v) is 7.61. The maximum atomic E-state index is 9.03. The summed E-state index contributed by atoms with van der Waals surface area (Å²) < 4.78 is 0. The summed E-state index contributed by atoms with van der Waals surface area (Å²) in [4.78, 5) is 2.41. The van der Waals surface area contributed by atoms with E-state index < -0.39 is 0 Å². The fraction of sp³-hybridized carbons (Fsp3) is 0.938. The van der Waals surface area contributed by atoms with Gasteiger partial charge in [-0.1, -0.05) is 19.8 Å². The van der Waals surface area contributed by atoms with E-state index in [0.29, 0.717) is 5.54 Å². The molecular formula is C16H31N3. The number of rotatable bonds is 6. The third kappa shape index (κ3) is 4.78. The lowest BCUT2D eigenvalue weighted by molar-refractivity contribution is 0.0749. The average Bonchev–Trinajstić information content (AvgIpc) is 2.35. The van der Waals surface area contributed by atoms with Crippen molar-refractivity contribution < 1.29 is 0 Å². The van der Waals surface area contributed by atoms with Crippen LogP contribution in [0.5, 0.6) is 0 Å². The molecule has 3 heteroatoms. The molecule has 1 aliphatic rings. The number of hydrogen-bond acceptors (Lipinski definition) is 3. The van der Waals surface area contributed by atoms with Gasteiger partial charge in [-0.15, -0.1) is 0 Å². The molecule has 1 saturated carbocycles. The van der Waals surface area contributed by atoms with Gasteiger partial charge in [-0.05, 0) is 59.7 Å². The zero-order valence-corrected chi connectivity index (χ0v) is 13.4. The zero-order chi connectivity index (χ0) is 14.5. The molecule has 0 saturated heterocycles. The maximum absolute atomic E-state index is 9.03. The van der Waals surface area contributed by atoms with E-state index in [9.17, 15) is 0 Å². The standard InChI is InChI=1S/C16H31N3/c1-14-7-6-8-16(11-14,19(4)5)13-18-10-9-15(2,3)12-17/h14,18H,6-11,13H2,1-5H3. The van der Waals surface area contributed by atoms with Crippen LogP contribution < -0.4 is 5.32 Å². The molecule has 0 aliphatic heterocycles. The number of nitrogens with zero attached hydrogens (tertiary/aromatic N) is 2. The Morgan fingerprint density at radius 1 is 1.42 bits per heavy atom.